The summed E-state index contributed by atoms with van der Waals surface area (Å²) in [6.45, 7) is 2.49. The van der Waals surface area contributed by atoms with Crippen LogP contribution < -0.4 is 15.0 Å². The quantitative estimate of drug-likeness (QED) is 0.579. The number of allylic oxidation sites excluding steroid dienone is 2. The van der Waals surface area contributed by atoms with Crippen LogP contribution in [0.25, 0.3) is 0 Å². The topological polar surface area (TPSA) is 75.7 Å². The molecule has 6 atom stereocenters. The van der Waals surface area contributed by atoms with Gasteiger partial charge in [-0.05, 0) is 79.5 Å². The highest BCUT2D eigenvalue weighted by atomic mass is 16.5. The largest absolute Gasteiger partial charge is 0.494 e. The summed E-state index contributed by atoms with van der Waals surface area (Å²) >= 11 is 0. The highest BCUT2D eigenvalue weighted by Gasteiger charge is 2.67. The van der Waals surface area contributed by atoms with Crippen molar-refractivity contribution in [2.75, 3.05) is 16.8 Å². The summed E-state index contributed by atoms with van der Waals surface area (Å²) in [7, 11) is 0. The second-order valence-electron chi connectivity index (χ2n) is 9.13. The van der Waals surface area contributed by atoms with Crippen LogP contribution in [0, 0.1) is 35.5 Å². The fourth-order valence-electron chi connectivity index (χ4n) is 6.00. The number of imide groups is 1. The Kier molecular flexibility index (Phi) is 4.25. The van der Waals surface area contributed by atoms with Crippen LogP contribution in [0.15, 0.2) is 60.7 Å². The van der Waals surface area contributed by atoms with Gasteiger partial charge in [-0.15, -0.1) is 0 Å². The fourth-order valence-corrected chi connectivity index (χ4v) is 6.00. The van der Waals surface area contributed by atoms with Gasteiger partial charge in [0.15, 0.2) is 0 Å². The zero-order valence-corrected chi connectivity index (χ0v) is 17.7. The van der Waals surface area contributed by atoms with Crippen molar-refractivity contribution in [1.82, 2.24) is 0 Å². The molecule has 2 aromatic rings. The highest BCUT2D eigenvalue weighted by molar-refractivity contribution is 6.23. The number of hydrogen-bond donors (Lipinski definition) is 1. The molecule has 0 aromatic heterocycles. The zero-order chi connectivity index (χ0) is 22.0. The Hall–Kier alpha value is -3.41. The van der Waals surface area contributed by atoms with Crippen molar-refractivity contribution in [3.05, 3.63) is 66.2 Å². The van der Waals surface area contributed by atoms with Crippen molar-refractivity contribution < 1.29 is 19.1 Å². The Balaban J connectivity index is 1.23. The van der Waals surface area contributed by atoms with Gasteiger partial charge in [-0.25, -0.2) is 4.90 Å². The number of hydrogen-bond acceptors (Lipinski definition) is 4. The summed E-state index contributed by atoms with van der Waals surface area (Å²) in [6.07, 6.45) is 5.46. The van der Waals surface area contributed by atoms with E-state index < -0.39 is 0 Å². The SMILES string of the molecule is CCOc1ccc(NC(=O)c2cccc(N3C(=O)[C@@H]4[C@H]5C=C[C@@H]([C@@H]6C[C@H]56)[C@H]4C3=O)c2)cc1. The van der Waals surface area contributed by atoms with E-state index in [4.69, 9.17) is 4.74 Å². The number of ether oxygens (including phenoxy) is 1. The van der Waals surface area contributed by atoms with Crippen molar-refractivity contribution in [3.63, 3.8) is 0 Å². The van der Waals surface area contributed by atoms with Crippen molar-refractivity contribution in [1.29, 1.82) is 0 Å². The number of nitrogens with zero attached hydrogens (tertiary/aromatic N) is 1. The van der Waals surface area contributed by atoms with Crippen molar-refractivity contribution in [2.24, 2.45) is 35.5 Å². The summed E-state index contributed by atoms with van der Waals surface area (Å²) in [5.74, 6) is 1.21. The molecule has 0 spiro atoms. The molecule has 1 heterocycles. The third-order valence-corrected chi connectivity index (χ3v) is 7.45. The molecule has 162 valence electrons. The van der Waals surface area contributed by atoms with Gasteiger partial charge in [0, 0.05) is 11.3 Å². The maximum Gasteiger partial charge on any atom is 0.255 e. The maximum absolute atomic E-state index is 13.3. The first-order valence-electron chi connectivity index (χ1n) is 11.3. The van der Waals surface area contributed by atoms with E-state index in [1.54, 1.807) is 48.5 Å². The second kappa shape index (κ2) is 7.05. The predicted octanol–water partition coefficient (Wildman–Crippen LogP) is 3.90. The molecule has 1 N–H and O–H groups in total. The number of nitrogens with one attached hydrogen (secondary N) is 1. The molecule has 5 aliphatic rings. The van der Waals surface area contributed by atoms with Crippen molar-refractivity contribution >= 4 is 29.1 Å². The number of amides is 3. The van der Waals surface area contributed by atoms with Gasteiger partial charge >= 0.3 is 0 Å². The third kappa shape index (κ3) is 2.82. The monoisotopic (exact) mass is 428 g/mol. The summed E-state index contributed by atoms with van der Waals surface area (Å²) in [5, 5.41) is 2.86. The first kappa shape index (κ1) is 19.3. The normalized spacial score (nSPS) is 31.3. The van der Waals surface area contributed by atoms with E-state index in [0.717, 1.165) is 12.2 Å². The van der Waals surface area contributed by atoms with Crippen LogP contribution in [0.2, 0.25) is 0 Å². The minimum absolute atomic E-state index is 0.117. The molecular formula is C26H24N2O4. The average Bonchev–Trinajstić information content (AvgIpc) is 3.59. The minimum atomic E-state index is -0.296. The number of benzene rings is 2. The molecule has 4 aliphatic carbocycles. The summed E-state index contributed by atoms with van der Waals surface area (Å²) in [5.41, 5.74) is 1.52. The van der Waals surface area contributed by atoms with Crippen LogP contribution in [-0.2, 0) is 9.59 Å². The van der Waals surface area contributed by atoms with Gasteiger partial charge in [-0.1, -0.05) is 18.2 Å². The van der Waals surface area contributed by atoms with E-state index in [2.05, 4.69) is 17.5 Å². The molecule has 1 saturated heterocycles. The zero-order valence-electron chi connectivity index (χ0n) is 17.7. The number of carbonyl (C=O) groups excluding carboxylic acids is 3. The molecule has 2 saturated carbocycles. The van der Waals surface area contributed by atoms with E-state index in [0.29, 0.717) is 35.4 Å². The third-order valence-electron chi connectivity index (χ3n) is 7.45. The molecule has 6 nitrogen and oxygen atoms in total. The van der Waals surface area contributed by atoms with E-state index in [1.807, 2.05) is 6.92 Å². The summed E-state index contributed by atoms with van der Waals surface area (Å²) < 4.78 is 5.43. The van der Waals surface area contributed by atoms with Crippen molar-refractivity contribution in [2.45, 2.75) is 13.3 Å². The molecule has 2 aromatic carbocycles. The highest BCUT2D eigenvalue weighted by Crippen LogP contribution is 2.65. The minimum Gasteiger partial charge on any atom is -0.494 e. The maximum atomic E-state index is 13.3. The lowest BCUT2D eigenvalue weighted by atomic mass is 9.63. The van der Waals surface area contributed by atoms with Gasteiger partial charge in [0.1, 0.15) is 5.75 Å². The van der Waals surface area contributed by atoms with Crippen LogP contribution in [-0.4, -0.2) is 24.3 Å². The van der Waals surface area contributed by atoms with Crippen LogP contribution in [0.3, 0.4) is 0 Å². The molecule has 0 radical (unpaired) electrons. The smallest absolute Gasteiger partial charge is 0.255 e. The Morgan fingerprint density at radius 1 is 1.00 bits per heavy atom. The predicted molar refractivity (Wildman–Crippen MR) is 119 cm³/mol. The van der Waals surface area contributed by atoms with E-state index in [-0.39, 0.29) is 41.4 Å². The van der Waals surface area contributed by atoms with Crippen LogP contribution >= 0.6 is 0 Å². The number of anilines is 2. The second-order valence-corrected chi connectivity index (χ2v) is 9.13. The van der Waals surface area contributed by atoms with Gasteiger partial charge in [-0.3, -0.25) is 14.4 Å². The van der Waals surface area contributed by atoms with Gasteiger partial charge in [0.05, 0.1) is 24.1 Å². The molecule has 3 amide bonds. The number of carbonyl (C=O) groups is 3. The number of rotatable bonds is 5. The lowest BCUT2D eigenvalue weighted by molar-refractivity contribution is -0.124. The Morgan fingerprint density at radius 2 is 1.66 bits per heavy atom. The van der Waals surface area contributed by atoms with Crippen LogP contribution in [0.5, 0.6) is 5.75 Å². The molecule has 6 heteroatoms. The van der Waals surface area contributed by atoms with Crippen LogP contribution in [0.4, 0.5) is 11.4 Å². The average molecular weight is 428 g/mol. The molecule has 32 heavy (non-hydrogen) atoms. The van der Waals surface area contributed by atoms with E-state index in [1.165, 1.54) is 4.90 Å². The Labute approximate surface area is 186 Å². The standard InChI is InChI=1S/C26H24N2O4/c1-2-32-17-8-6-15(7-9-17)27-24(29)14-4-3-5-16(12-14)28-25(30)22-18-10-11-19(21-13-20(18)21)23(22)26(28)31/h3-12,18-23H,2,13H2,1H3,(H,27,29)/t18-,19-,20-,21+,22+,23+/m0/s1. The lowest BCUT2D eigenvalue weighted by Gasteiger charge is -2.37. The molecule has 7 rings (SSSR count). The van der Waals surface area contributed by atoms with Crippen molar-refractivity contribution in [3.8, 4) is 5.75 Å². The Morgan fingerprint density at radius 3 is 2.28 bits per heavy atom. The first-order valence-corrected chi connectivity index (χ1v) is 11.3. The fraction of sp³-hybridized carbons (Fsp3) is 0.346. The lowest BCUT2D eigenvalue weighted by Crippen LogP contribution is -2.40. The van der Waals surface area contributed by atoms with Gasteiger partial charge in [-0.2, -0.15) is 0 Å². The Bertz CT molecular complexity index is 1120. The van der Waals surface area contributed by atoms with Crippen LogP contribution in [0.1, 0.15) is 23.7 Å². The van der Waals surface area contributed by atoms with Gasteiger partial charge in [0.2, 0.25) is 11.8 Å². The summed E-state index contributed by atoms with van der Waals surface area (Å²) in [6, 6.07) is 13.9. The van der Waals surface area contributed by atoms with Gasteiger partial charge in [0.25, 0.3) is 5.91 Å². The van der Waals surface area contributed by atoms with E-state index >= 15 is 0 Å². The molecule has 0 unspecified atom stereocenters. The first-order chi connectivity index (χ1) is 15.6. The molecule has 1 aliphatic heterocycles. The molecule has 2 bridgehead atoms. The van der Waals surface area contributed by atoms with Gasteiger partial charge < -0.3 is 10.1 Å². The van der Waals surface area contributed by atoms with E-state index in [9.17, 15) is 14.4 Å². The summed E-state index contributed by atoms with van der Waals surface area (Å²) in [4.78, 5) is 40.8. The molecule has 3 fully saturated rings. The molecular weight excluding hydrogens is 404 g/mol.